The van der Waals surface area contributed by atoms with Crippen molar-refractivity contribution in [1.29, 1.82) is 0 Å². The number of nitro groups is 1. The fraction of sp³-hybridized carbons (Fsp3) is 0.529. The number of hydrogen-bond donors (Lipinski definition) is 2. The molecule has 0 heterocycles. The van der Waals surface area contributed by atoms with Crippen molar-refractivity contribution in [3.05, 3.63) is 33.4 Å². The van der Waals surface area contributed by atoms with Gasteiger partial charge in [0.25, 0.3) is 17.5 Å². The van der Waals surface area contributed by atoms with Crippen LogP contribution in [0.15, 0.2) is 12.1 Å². The number of benzene rings is 1. The molecule has 0 fully saturated rings. The molecule has 0 spiro atoms. The normalized spacial score (nSPS) is 11.7. The highest BCUT2D eigenvalue weighted by atomic mass is 16.6. The Morgan fingerprint density at radius 1 is 1.16 bits per heavy atom. The Balaban J connectivity index is 2.75. The minimum atomic E-state index is -0.511. The SMILES string of the molecule is CCN(CC)C(=O)C[NH+](C)CC(=O)Nc1cc(C)c(C)cc1[N+](=O)[O-]. The number of carbonyl (C=O) groups excluding carboxylic acids is 2. The molecule has 138 valence electrons. The number of nitrogens with one attached hydrogen (secondary N) is 2. The largest absolute Gasteiger partial charge is 0.338 e. The van der Waals surface area contributed by atoms with Crippen LogP contribution < -0.4 is 10.2 Å². The second-order valence-corrected chi connectivity index (χ2v) is 6.14. The fourth-order valence-electron chi connectivity index (χ4n) is 2.53. The maximum Gasteiger partial charge on any atom is 0.293 e. The van der Waals surface area contributed by atoms with Crippen LogP contribution in [0.25, 0.3) is 0 Å². The van der Waals surface area contributed by atoms with Gasteiger partial charge in [-0.25, -0.2) is 0 Å². The molecule has 0 radical (unpaired) electrons. The average molecular weight is 351 g/mol. The second-order valence-electron chi connectivity index (χ2n) is 6.14. The highest BCUT2D eigenvalue weighted by molar-refractivity contribution is 5.94. The topological polar surface area (TPSA) is 97.0 Å². The zero-order chi connectivity index (χ0) is 19.1. The van der Waals surface area contributed by atoms with Crippen molar-refractivity contribution in [3.63, 3.8) is 0 Å². The number of nitrogens with zero attached hydrogens (tertiary/aromatic N) is 2. The summed E-state index contributed by atoms with van der Waals surface area (Å²) < 4.78 is 0. The van der Waals surface area contributed by atoms with Crippen LogP contribution in [0.5, 0.6) is 0 Å². The number of hydrogen-bond acceptors (Lipinski definition) is 4. The van der Waals surface area contributed by atoms with Crippen LogP contribution in [0.2, 0.25) is 0 Å². The highest BCUT2D eigenvalue weighted by Gasteiger charge is 2.21. The minimum Gasteiger partial charge on any atom is -0.338 e. The highest BCUT2D eigenvalue weighted by Crippen LogP contribution is 2.27. The zero-order valence-electron chi connectivity index (χ0n) is 15.5. The van der Waals surface area contributed by atoms with E-state index < -0.39 is 4.92 Å². The van der Waals surface area contributed by atoms with Gasteiger partial charge >= 0.3 is 0 Å². The van der Waals surface area contributed by atoms with Gasteiger partial charge in [-0.05, 0) is 44.9 Å². The predicted octanol–water partition coefficient (Wildman–Crippen LogP) is 0.533. The molecule has 0 saturated heterocycles. The molecule has 1 unspecified atom stereocenters. The van der Waals surface area contributed by atoms with Crippen molar-refractivity contribution in [2.45, 2.75) is 27.7 Å². The first-order chi connectivity index (χ1) is 11.7. The van der Waals surface area contributed by atoms with Crippen molar-refractivity contribution in [3.8, 4) is 0 Å². The minimum absolute atomic E-state index is 0.0209. The lowest BCUT2D eigenvalue weighted by atomic mass is 10.1. The first-order valence-electron chi connectivity index (χ1n) is 8.34. The summed E-state index contributed by atoms with van der Waals surface area (Å²) in [5, 5.41) is 13.8. The first kappa shape index (κ1) is 20.6. The van der Waals surface area contributed by atoms with Crippen molar-refractivity contribution in [2.24, 2.45) is 0 Å². The smallest absolute Gasteiger partial charge is 0.293 e. The number of amides is 2. The number of carbonyl (C=O) groups is 2. The van der Waals surface area contributed by atoms with Crippen molar-refractivity contribution >= 4 is 23.2 Å². The molecule has 0 saturated carbocycles. The van der Waals surface area contributed by atoms with E-state index in [1.807, 2.05) is 20.8 Å². The van der Waals surface area contributed by atoms with Crippen LogP contribution in [-0.2, 0) is 9.59 Å². The van der Waals surface area contributed by atoms with E-state index in [-0.39, 0.29) is 36.3 Å². The van der Waals surface area contributed by atoms with Gasteiger partial charge in [-0.15, -0.1) is 0 Å². The quantitative estimate of drug-likeness (QED) is 0.527. The van der Waals surface area contributed by atoms with E-state index in [0.29, 0.717) is 13.1 Å². The van der Waals surface area contributed by atoms with E-state index in [0.717, 1.165) is 16.0 Å². The van der Waals surface area contributed by atoms with E-state index in [1.165, 1.54) is 6.07 Å². The molecule has 1 aromatic carbocycles. The molecule has 2 amide bonds. The van der Waals surface area contributed by atoms with Crippen molar-refractivity contribution < 1.29 is 19.4 Å². The Kier molecular flexibility index (Phi) is 7.50. The molecule has 0 bridgehead atoms. The monoisotopic (exact) mass is 351 g/mol. The van der Waals surface area contributed by atoms with Crippen molar-refractivity contribution in [2.75, 3.05) is 38.5 Å². The van der Waals surface area contributed by atoms with Crippen LogP contribution in [0.4, 0.5) is 11.4 Å². The Bertz CT molecular complexity index is 656. The second kappa shape index (κ2) is 9.12. The number of anilines is 1. The fourth-order valence-corrected chi connectivity index (χ4v) is 2.53. The summed E-state index contributed by atoms with van der Waals surface area (Å²) in [6.45, 7) is 8.93. The summed E-state index contributed by atoms with van der Waals surface area (Å²) in [6.07, 6.45) is 0. The molecule has 1 rings (SSSR count). The Morgan fingerprint density at radius 3 is 2.24 bits per heavy atom. The van der Waals surface area contributed by atoms with E-state index in [1.54, 1.807) is 24.9 Å². The van der Waals surface area contributed by atoms with E-state index in [2.05, 4.69) is 5.32 Å². The summed E-state index contributed by atoms with van der Waals surface area (Å²) >= 11 is 0. The third-order valence-electron chi connectivity index (χ3n) is 4.11. The van der Waals surface area contributed by atoms with E-state index in [9.17, 15) is 19.7 Å². The predicted molar refractivity (Wildman–Crippen MR) is 95.7 cm³/mol. The first-order valence-corrected chi connectivity index (χ1v) is 8.34. The van der Waals surface area contributed by atoms with Gasteiger partial charge in [-0.1, -0.05) is 0 Å². The summed E-state index contributed by atoms with van der Waals surface area (Å²) in [4.78, 5) is 37.4. The molecule has 0 aliphatic rings. The number of quaternary nitrogens is 1. The zero-order valence-corrected chi connectivity index (χ0v) is 15.5. The summed E-state index contributed by atoms with van der Waals surface area (Å²) in [5.74, 6) is -0.385. The number of aryl methyl sites for hydroxylation is 2. The molecule has 0 aliphatic carbocycles. The third-order valence-corrected chi connectivity index (χ3v) is 4.11. The molecular weight excluding hydrogens is 324 g/mol. The van der Waals surface area contributed by atoms with Gasteiger partial charge in [-0.3, -0.25) is 19.7 Å². The lowest BCUT2D eigenvalue weighted by Gasteiger charge is -2.21. The maximum atomic E-state index is 12.2. The Labute approximate surface area is 147 Å². The number of nitro benzene ring substituents is 1. The standard InChI is InChI=1S/C17H26N4O4/c1-6-20(7-2)17(23)11-19(5)10-16(22)18-14-8-12(3)13(4)9-15(14)21(24)25/h8-9H,6-7,10-11H2,1-5H3,(H,18,22)/p+1. The Morgan fingerprint density at radius 2 is 1.72 bits per heavy atom. The lowest BCUT2D eigenvalue weighted by molar-refractivity contribution is -0.862. The van der Waals surface area contributed by atoms with Crippen LogP contribution in [0, 0.1) is 24.0 Å². The molecule has 2 N–H and O–H groups in total. The van der Waals surface area contributed by atoms with Crippen LogP contribution >= 0.6 is 0 Å². The molecule has 0 aromatic heterocycles. The van der Waals surface area contributed by atoms with Crippen molar-refractivity contribution in [1.82, 2.24) is 4.90 Å². The molecule has 25 heavy (non-hydrogen) atoms. The Hall–Kier alpha value is -2.48. The third kappa shape index (κ3) is 5.82. The van der Waals surface area contributed by atoms with Gasteiger partial charge in [0.1, 0.15) is 5.69 Å². The molecular formula is C17H27N4O4+. The molecule has 8 heteroatoms. The lowest BCUT2D eigenvalue weighted by Crippen LogP contribution is -3.11. The van der Waals surface area contributed by atoms with E-state index >= 15 is 0 Å². The number of rotatable bonds is 8. The molecule has 0 aliphatic heterocycles. The van der Waals surface area contributed by atoms with Gasteiger partial charge in [-0.2, -0.15) is 0 Å². The summed E-state index contributed by atoms with van der Waals surface area (Å²) in [6, 6.07) is 3.05. The summed E-state index contributed by atoms with van der Waals surface area (Å²) in [7, 11) is 1.75. The molecule has 8 nitrogen and oxygen atoms in total. The molecule has 1 aromatic rings. The van der Waals surface area contributed by atoms with Crippen LogP contribution in [0.3, 0.4) is 0 Å². The van der Waals surface area contributed by atoms with Gasteiger partial charge in [0.2, 0.25) is 0 Å². The molecule has 1 atom stereocenters. The average Bonchev–Trinajstić information content (AvgIpc) is 2.51. The van der Waals surface area contributed by atoms with Crippen LogP contribution in [0.1, 0.15) is 25.0 Å². The van der Waals surface area contributed by atoms with E-state index in [4.69, 9.17) is 0 Å². The van der Waals surface area contributed by atoms with Gasteiger partial charge in [0.05, 0.1) is 12.0 Å². The van der Waals surface area contributed by atoms with Gasteiger partial charge in [0, 0.05) is 19.2 Å². The van der Waals surface area contributed by atoms with Gasteiger partial charge < -0.3 is 15.1 Å². The maximum absolute atomic E-state index is 12.2. The summed E-state index contributed by atoms with van der Waals surface area (Å²) in [5.41, 5.74) is 1.70. The van der Waals surface area contributed by atoms with Crippen LogP contribution in [-0.4, -0.2) is 54.9 Å². The number of likely N-dealkylation sites (N-methyl/N-ethyl adjacent to an activating group) is 2. The van der Waals surface area contributed by atoms with Gasteiger partial charge in [0.15, 0.2) is 13.1 Å².